The molecule has 1 aliphatic heterocycles. The van der Waals surface area contributed by atoms with Gasteiger partial charge in [-0.1, -0.05) is 0 Å². The molecule has 0 N–H and O–H groups in total. The van der Waals surface area contributed by atoms with E-state index in [-0.39, 0.29) is 0 Å². The fourth-order valence-corrected chi connectivity index (χ4v) is 3.25. The number of nitrogens with zero attached hydrogens (tertiary/aromatic N) is 8. The van der Waals surface area contributed by atoms with Crippen molar-refractivity contribution in [2.45, 2.75) is 18.8 Å². The summed E-state index contributed by atoms with van der Waals surface area (Å²) in [7, 11) is 0. The van der Waals surface area contributed by atoms with Crippen molar-refractivity contribution in [3.8, 4) is 0 Å². The Morgan fingerprint density at radius 3 is 2.62 bits per heavy atom. The smallest absolute Gasteiger partial charge is 0.203 e. The van der Waals surface area contributed by atoms with Crippen LogP contribution in [0.25, 0.3) is 5.65 Å². The quantitative estimate of drug-likeness (QED) is 0.715. The number of rotatable bonds is 3. The molecule has 4 heterocycles. The molecule has 8 heteroatoms. The SMILES string of the molecule is c1nc(C2CC2)cc(N2CCN(c3nccn4cnnc34)CC2)n1. The zero-order valence-electron chi connectivity index (χ0n) is 13.3. The molecule has 24 heavy (non-hydrogen) atoms. The van der Waals surface area contributed by atoms with Crippen LogP contribution in [-0.4, -0.2) is 55.7 Å². The van der Waals surface area contributed by atoms with Gasteiger partial charge in [-0.15, -0.1) is 10.2 Å². The minimum atomic E-state index is 0.655. The van der Waals surface area contributed by atoms with Gasteiger partial charge in [0.15, 0.2) is 5.82 Å². The lowest BCUT2D eigenvalue weighted by atomic mass is 10.2. The van der Waals surface area contributed by atoms with Crippen LogP contribution in [0.5, 0.6) is 0 Å². The van der Waals surface area contributed by atoms with Crippen LogP contribution in [0.15, 0.2) is 31.1 Å². The first-order valence-electron chi connectivity index (χ1n) is 8.35. The van der Waals surface area contributed by atoms with Crippen molar-refractivity contribution in [3.63, 3.8) is 0 Å². The van der Waals surface area contributed by atoms with E-state index in [2.05, 4.69) is 41.0 Å². The molecule has 3 aromatic heterocycles. The summed E-state index contributed by atoms with van der Waals surface area (Å²) in [4.78, 5) is 18.0. The molecule has 0 atom stereocenters. The number of hydrogen-bond acceptors (Lipinski definition) is 7. The predicted octanol–water partition coefficient (Wildman–Crippen LogP) is 1.12. The Bertz CT molecular complexity index is 863. The van der Waals surface area contributed by atoms with Gasteiger partial charge in [0.25, 0.3) is 0 Å². The molecule has 0 radical (unpaired) electrons. The van der Waals surface area contributed by atoms with E-state index >= 15 is 0 Å². The van der Waals surface area contributed by atoms with Gasteiger partial charge >= 0.3 is 0 Å². The highest BCUT2D eigenvalue weighted by atomic mass is 15.3. The summed E-state index contributed by atoms with van der Waals surface area (Å²) >= 11 is 0. The zero-order chi connectivity index (χ0) is 15.9. The van der Waals surface area contributed by atoms with Crippen LogP contribution in [0.3, 0.4) is 0 Å². The Hall–Kier alpha value is -2.77. The summed E-state index contributed by atoms with van der Waals surface area (Å²) in [6.45, 7) is 3.61. The topological polar surface area (TPSA) is 75.3 Å². The molecule has 2 aliphatic rings. The highest BCUT2D eigenvalue weighted by molar-refractivity contribution is 5.64. The average molecular weight is 322 g/mol. The van der Waals surface area contributed by atoms with Crippen molar-refractivity contribution < 1.29 is 0 Å². The van der Waals surface area contributed by atoms with Crippen molar-refractivity contribution in [1.29, 1.82) is 0 Å². The second-order valence-electron chi connectivity index (χ2n) is 6.36. The molecule has 2 fully saturated rings. The minimum Gasteiger partial charge on any atom is -0.353 e. The number of aromatic nitrogens is 6. The molecule has 0 unspecified atom stereocenters. The van der Waals surface area contributed by atoms with Crippen molar-refractivity contribution >= 4 is 17.3 Å². The van der Waals surface area contributed by atoms with Crippen LogP contribution in [0, 0.1) is 0 Å². The molecule has 8 nitrogen and oxygen atoms in total. The van der Waals surface area contributed by atoms with Crippen LogP contribution in [0.4, 0.5) is 11.6 Å². The number of anilines is 2. The maximum atomic E-state index is 4.50. The molecule has 0 bridgehead atoms. The lowest BCUT2D eigenvalue weighted by Crippen LogP contribution is -2.47. The predicted molar refractivity (Wildman–Crippen MR) is 89.2 cm³/mol. The van der Waals surface area contributed by atoms with Gasteiger partial charge in [0.1, 0.15) is 18.5 Å². The molecular formula is C16H18N8. The third-order valence-corrected chi connectivity index (χ3v) is 4.77. The summed E-state index contributed by atoms with van der Waals surface area (Å²) < 4.78 is 1.90. The van der Waals surface area contributed by atoms with E-state index in [9.17, 15) is 0 Å². The van der Waals surface area contributed by atoms with E-state index in [1.54, 1.807) is 18.9 Å². The van der Waals surface area contributed by atoms with Gasteiger partial charge < -0.3 is 9.80 Å². The van der Waals surface area contributed by atoms with Crippen molar-refractivity contribution in [3.05, 3.63) is 36.8 Å². The molecule has 0 spiro atoms. The Labute approximate surface area is 139 Å². The van der Waals surface area contributed by atoms with Gasteiger partial charge in [0, 0.05) is 56.3 Å². The molecule has 3 aromatic rings. The van der Waals surface area contributed by atoms with Gasteiger partial charge in [-0.3, -0.25) is 4.40 Å². The first-order chi connectivity index (χ1) is 11.9. The van der Waals surface area contributed by atoms with E-state index in [0.29, 0.717) is 5.92 Å². The van der Waals surface area contributed by atoms with E-state index < -0.39 is 0 Å². The fraction of sp³-hybridized carbons (Fsp3) is 0.438. The fourth-order valence-electron chi connectivity index (χ4n) is 3.25. The molecular weight excluding hydrogens is 304 g/mol. The summed E-state index contributed by atoms with van der Waals surface area (Å²) in [5.41, 5.74) is 2.00. The Balaban J connectivity index is 1.34. The second kappa shape index (κ2) is 5.40. The Morgan fingerprint density at radius 2 is 1.79 bits per heavy atom. The van der Waals surface area contributed by atoms with Crippen molar-refractivity contribution in [2.75, 3.05) is 36.0 Å². The molecule has 0 amide bonds. The Kier molecular flexibility index (Phi) is 3.07. The summed E-state index contributed by atoms with van der Waals surface area (Å²) in [6, 6.07) is 2.16. The van der Waals surface area contributed by atoms with Crippen molar-refractivity contribution in [2.24, 2.45) is 0 Å². The summed E-state index contributed by atoms with van der Waals surface area (Å²) in [5, 5.41) is 8.15. The highest BCUT2D eigenvalue weighted by Crippen LogP contribution is 2.39. The molecule has 5 rings (SSSR count). The van der Waals surface area contributed by atoms with Gasteiger partial charge in [0.05, 0.1) is 0 Å². The van der Waals surface area contributed by atoms with E-state index in [4.69, 9.17) is 0 Å². The molecule has 1 aliphatic carbocycles. The van der Waals surface area contributed by atoms with Crippen LogP contribution in [-0.2, 0) is 0 Å². The molecule has 1 saturated heterocycles. The van der Waals surface area contributed by atoms with Gasteiger partial charge in [-0.25, -0.2) is 15.0 Å². The maximum Gasteiger partial charge on any atom is 0.203 e. The third kappa shape index (κ3) is 2.34. The third-order valence-electron chi connectivity index (χ3n) is 4.77. The maximum absolute atomic E-state index is 4.50. The van der Waals surface area contributed by atoms with Gasteiger partial charge in [-0.2, -0.15) is 0 Å². The van der Waals surface area contributed by atoms with Crippen LogP contribution in [0.2, 0.25) is 0 Å². The standard InChI is InChI=1S/C16H18N8/c1-2-12(1)13-9-14(19-10-18-13)22-5-7-23(8-6-22)15-16-21-20-11-24(16)4-3-17-15/h3-4,9-12H,1-2,5-8H2. The average Bonchev–Trinajstić information content (AvgIpc) is 3.39. The highest BCUT2D eigenvalue weighted by Gasteiger charge is 2.27. The first-order valence-corrected chi connectivity index (χ1v) is 8.35. The van der Waals surface area contributed by atoms with E-state index in [0.717, 1.165) is 43.5 Å². The van der Waals surface area contributed by atoms with Crippen LogP contribution < -0.4 is 9.80 Å². The number of fused-ring (bicyclic) bond motifs is 1. The largest absolute Gasteiger partial charge is 0.353 e. The molecule has 0 aromatic carbocycles. The zero-order valence-corrected chi connectivity index (χ0v) is 13.3. The van der Waals surface area contributed by atoms with E-state index in [1.807, 2.05) is 10.6 Å². The molecule has 1 saturated carbocycles. The van der Waals surface area contributed by atoms with Crippen LogP contribution in [0.1, 0.15) is 24.5 Å². The Morgan fingerprint density at radius 1 is 0.958 bits per heavy atom. The monoisotopic (exact) mass is 322 g/mol. The second-order valence-corrected chi connectivity index (χ2v) is 6.36. The van der Waals surface area contributed by atoms with Crippen molar-refractivity contribution in [1.82, 2.24) is 29.5 Å². The summed E-state index contributed by atoms with van der Waals surface area (Å²) in [6.07, 6.45) is 9.60. The lowest BCUT2D eigenvalue weighted by molar-refractivity contribution is 0.640. The van der Waals surface area contributed by atoms with Gasteiger partial charge in [0.2, 0.25) is 5.65 Å². The number of piperazine rings is 1. The van der Waals surface area contributed by atoms with E-state index in [1.165, 1.54) is 18.5 Å². The summed E-state index contributed by atoms with van der Waals surface area (Å²) in [5.74, 6) is 2.60. The minimum absolute atomic E-state index is 0.655. The normalized spacial score (nSPS) is 18.3. The number of hydrogen-bond donors (Lipinski definition) is 0. The lowest BCUT2D eigenvalue weighted by Gasteiger charge is -2.36. The van der Waals surface area contributed by atoms with Gasteiger partial charge in [-0.05, 0) is 12.8 Å². The van der Waals surface area contributed by atoms with Crippen LogP contribution >= 0.6 is 0 Å². The first kappa shape index (κ1) is 13.6. The molecule has 122 valence electrons.